The molecule has 16 nitrogen and oxygen atoms in total. The first-order chi connectivity index (χ1) is 43.9. The molecule has 484 valence electrons. The van der Waals surface area contributed by atoms with Crippen molar-refractivity contribution in [1.29, 1.82) is 0 Å². The lowest BCUT2D eigenvalue weighted by molar-refractivity contribution is -0.151. The van der Waals surface area contributed by atoms with Gasteiger partial charge in [0.05, 0.1) is 64.0 Å². The van der Waals surface area contributed by atoms with Gasteiger partial charge in [-0.05, 0) is 122 Å². The molecule has 26 heteroatoms. The minimum absolute atomic E-state index is 0.00733. The van der Waals surface area contributed by atoms with Crippen LogP contribution in [0.1, 0.15) is 89.4 Å². The number of carboxylic acid groups (broad SMARTS) is 1. The summed E-state index contributed by atoms with van der Waals surface area (Å²) in [6.45, 7) is 3.35. The Labute approximate surface area is 531 Å². The lowest BCUT2D eigenvalue weighted by atomic mass is 10.1. The number of halogens is 10. The summed E-state index contributed by atoms with van der Waals surface area (Å²) in [7, 11) is 2.62. The van der Waals surface area contributed by atoms with Crippen LogP contribution in [-0.4, -0.2) is 135 Å². The molecule has 3 atom stereocenters. The van der Waals surface area contributed by atoms with Crippen molar-refractivity contribution in [3.05, 3.63) is 167 Å². The number of nitrogens with one attached hydrogen (secondary N) is 1. The highest BCUT2D eigenvalue weighted by Crippen LogP contribution is 2.42. The van der Waals surface area contributed by atoms with Gasteiger partial charge in [0.1, 0.15) is 39.8 Å². The highest BCUT2D eigenvalue weighted by molar-refractivity contribution is 9.10. The lowest BCUT2D eigenvalue weighted by Gasteiger charge is -2.29. The number of aromatic carboxylic acids is 1. The van der Waals surface area contributed by atoms with Gasteiger partial charge in [-0.15, -0.1) is 0 Å². The monoisotopic (exact) mass is 1340 g/mol. The Morgan fingerprint density at radius 3 is 1.25 bits per heavy atom. The molecular weight excluding hydrogens is 1280 g/mol. The molecule has 6 heterocycles. The highest BCUT2D eigenvalue weighted by Gasteiger charge is 2.48. The van der Waals surface area contributed by atoms with E-state index in [1.807, 2.05) is 42.5 Å². The Morgan fingerprint density at radius 2 is 0.913 bits per heavy atom. The molecule has 9 aromatic rings. The predicted molar refractivity (Wildman–Crippen MR) is 334 cm³/mol. The molecule has 0 spiro atoms. The first-order valence-electron chi connectivity index (χ1n) is 29.2. The van der Waals surface area contributed by atoms with Crippen LogP contribution in [0.4, 0.5) is 51.1 Å². The zero-order chi connectivity index (χ0) is 66.3. The summed E-state index contributed by atoms with van der Waals surface area (Å²) in [6, 6.07) is 37.3. The van der Waals surface area contributed by atoms with Crippen LogP contribution in [0.5, 0.6) is 0 Å². The van der Waals surface area contributed by atoms with E-state index in [-0.39, 0.29) is 66.6 Å². The average molecular weight is 1350 g/mol. The molecule has 3 saturated heterocycles. The van der Waals surface area contributed by atoms with Gasteiger partial charge in [-0.1, -0.05) is 104 Å². The third-order valence-electron chi connectivity index (χ3n) is 14.9. The summed E-state index contributed by atoms with van der Waals surface area (Å²) >= 11 is 3.44. The Kier molecular flexibility index (Phi) is 23.2. The molecule has 3 aliphatic heterocycles. The van der Waals surface area contributed by atoms with Gasteiger partial charge in [0, 0.05) is 36.4 Å². The second kappa shape index (κ2) is 31.0. The number of carbonyl (C=O) groups excluding carboxylic acids is 2. The van der Waals surface area contributed by atoms with E-state index < -0.39 is 48.6 Å². The summed E-state index contributed by atoms with van der Waals surface area (Å²) in [5.41, 5.74) is 7.44. The fourth-order valence-electron chi connectivity index (χ4n) is 10.3. The number of esters is 2. The third-order valence-corrected chi connectivity index (χ3v) is 15.5. The maximum absolute atomic E-state index is 13.6. The van der Waals surface area contributed by atoms with Crippen LogP contribution in [0.25, 0.3) is 66.9 Å². The number of ether oxygens (including phenoxy) is 2. The number of aromatic nitrogens is 6. The van der Waals surface area contributed by atoms with Crippen LogP contribution < -0.4 is 15.1 Å². The second-order valence-electron chi connectivity index (χ2n) is 21.2. The number of unbranched alkanes of at least 4 members (excludes halogenated alkanes) is 1. The molecule has 3 aliphatic rings. The molecule has 3 N–H and O–H groups in total. The minimum atomic E-state index is -4.38. The van der Waals surface area contributed by atoms with E-state index in [2.05, 4.69) is 58.1 Å². The number of benzene rings is 6. The number of aliphatic hydroxyl groups is 1. The van der Waals surface area contributed by atoms with Gasteiger partial charge in [0.25, 0.3) is 0 Å². The van der Waals surface area contributed by atoms with Crippen LogP contribution >= 0.6 is 15.9 Å². The van der Waals surface area contributed by atoms with Crippen molar-refractivity contribution in [1.82, 2.24) is 35.2 Å². The third kappa shape index (κ3) is 17.4. The standard InChI is InChI=1S/C21H18F3N3O2.C20H16F3N3O2.C16H11BrN2O2.C5H8F3N.C4H10O/c1-29-20(28)14-9-10-15-16(12-14)26-19(18(25-15)13-6-3-2-4-7-13)27-11-5-8-17(27)21(22,23)24;21-20(22,23)16-7-4-10-26(16)18-17(12-5-2-1-3-6-12)24-14-9-8-13(19(27)28)11-15(14)25-18;1-21-16(20)11-7-8-12-13(9-11)19-15(17)14(18-12)10-5-3-2-4-6-10;6-5(7,8)4-2-1-3-9-4;1-2-3-4-5/h2-4,6-7,9-10,12,17H,5,8,11H2,1H3;1-3,5-6,8-9,11,16H,4,7,10H2,(H,27,28);2-9H,1H3;4,9H,1-3H2;5H,2-4H2,1H3/t17-;16-;;4-;/m11.1./s1. The Balaban J connectivity index is 0.000000162. The zero-order valence-electron chi connectivity index (χ0n) is 49.9. The Hall–Kier alpha value is -8.88. The number of carbonyl (C=O) groups is 3. The maximum atomic E-state index is 13.6. The summed E-state index contributed by atoms with van der Waals surface area (Å²) in [6.07, 6.45) is -9.04. The molecule has 0 unspecified atom stereocenters. The van der Waals surface area contributed by atoms with Crippen molar-refractivity contribution in [2.45, 2.75) is 94.9 Å². The van der Waals surface area contributed by atoms with Crippen molar-refractivity contribution in [2.75, 3.05) is 50.3 Å². The predicted octanol–water partition coefficient (Wildman–Crippen LogP) is 15.1. The van der Waals surface area contributed by atoms with Crippen molar-refractivity contribution < 1.29 is 73.6 Å². The van der Waals surface area contributed by atoms with Gasteiger partial charge in [-0.2, -0.15) is 39.5 Å². The first kappa shape index (κ1) is 69.0. The van der Waals surface area contributed by atoms with E-state index in [0.717, 1.165) is 29.6 Å². The zero-order valence-corrected chi connectivity index (χ0v) is 51.5. The number of hydrogen-bond donors (Lipinski definition) is 3. The van der Waals surface area contributed by atoms with Gasteiger partial charge < -0.3 is 34.8 Å². The number of fused-ring (bicyclic) bond motifs is 3. The molecule has 0 amide bonds. The fraction of sp³-hybridized carbons (Fsp3) is 0.318. The maximum Gasteiger partial charge on any atom is 0.408 e. The van der Waals surface area contributed by atoms with Gasteiger partial charge in [0.15, 0.2) is 11.6 Å². The number of carboxylic acids is 1. The van der Waals surface area contributed by atoms with Gasteiger partial charge in [-0.3, -0.25) is 0 Å². The number of alkyl halides is 9. The Morgan fingerprint density at radius 1 is 0.522 bits per heavy atom. The van der Waals surface area contributed by atoms with Crippen molar-refractivity contribution in [3.63, 3.8) is 0 Å². The van der Waals surface area contributed by atoms with E-state index in [1.165, 1.54) is 48.3 Å². The van der Waals surface area contributed by atoms with E-state index >= 15 is 0 Å². The quantitative estimate of drug-likeness (QED) is 0.0860. The fourth-order valence-corrected chi connectivity index (χ4v) is 10.9. The number of hydrogen-bond acceptors (Lipinski definition) is 15. The number of anilines is 2. The summed E-state index contributed by atoms with van der Waals surface area (Å²) < 4.78 is 127. The molecule has 0 bridgehead atoms. The second-order valence-corrected chi connectivity index (χ2v) is 22.0. The number of methoxy groups -OCH3 is 2. The first-order valence-corrected chi connectivity index (χ1v) is 30.0. The number of rotatable bonds is 10. The lowest BCUT2D eigenvalue weighted by Crippen LogP contribution is -2.42. The van der Waals surface area contributed by atoms with Crippen LogP contribution in [0.2, 0.25) is 0 Å². The van der Waals surface area contributed by atoms with Gasteiger partial charge >= 0.3 is 36.4 Å². The molecule has 12 rings (SSSR count). The molecular formula is C66H63BrF9N9O7. The minimum Gasteiger partial charge on any atom is -0.478 e. The molecule has 3 fully saturated rings. The molecule has 92 heavy (non-hydrogen) atoms. The van der Waals surface area contributed by atoms with E-state index in [0.29, 0.717) is 87.2 Å². The molecule has 0 saturated carbocycles. The highest BCUT2D eigenvalue weighted by atomic mass is 79.9. The summed E-state index contributed by atoms with van der Waals surface area (Å²) in [5.74, 6) is -1.77. The molecule has 6 aromatic carbocycles. The van der Waals surface area contributed by atoms with Crippen LogP contribution in [-0.2, 0) is 9.47 Å². The van der Waals surface area contributed by atoms with E-state index in [9.17, 15) is 59.0 Å². The molecule has 0 radical (unpaired) electrons. The summed E-state index contributed by atoms with van der Waals surface area (Å²) in [5, 5.41) is 19.6. The summed E-state index contributed by atoms with van der Waals surface area (Å²) in [4.78, 5) is 64.4. The van der Waals surface area contributed by atoms with E-state index in [1.54, 1.807) is 78.9 Å². The Bertz CT molecular complexity index is 3980. The number of aliphatic hydroxyl groups excluding tert-OH is 1. The topological polar surface area (TPSA) is 206 Å². The van der Waals surface area contributed by atoms with Gasteiger partial charge in [0.2, 0.25) is 0 Å². The normalized spacial score (nSPS) is 16.3. The van der Waals surface area contributed by atoms with Crippen LogP contribution in [0.15, 0.2) is 150 Å². The van der Waals surface area contributed by atoms with Gasteiger partial charge in [-0.25, -0.2) is 44.3 Å². The average Bonchev–Trinajstić information content (AvgIpc) is 1.32. The molecule has 3 aromatic heterocycles. The van der Waals surface area contributed by atoms with Crippen molar-refractivity contribution in [3.8, 4) is 33.8 Å². The van der Waals surface area contributed by atoms with Crippen LogP contribution in [0.3, 0.4) is 0 Å². The molecule has 0 aliphatic carbocycles. The number of nitrogens with zero attached hydrogens (tertiary/aromatic N) is 8. The SMILES string of the molecule is CCCCO.COC(=O)c1ccc2nc(-c3ccccc3)c(Br)nc2c1.COC(=O)c1ccc2nc(-c3ccccc3)c(N3CCC[C@@H]3C(F)(F)F)nc2c1.FC(F)(F)[C@H]1CCCN1.O=C(O)c1ccc2nc(-c3ccccc3)c(N3CCC[C@@H]3C(F)(F)F)nc2c1. The van der Waals surface area contributed by atoms with Crippen molar-refractivity contribution >= 4 is 78.6 Å². The largest absolute Gasteiger partial charge is 0.478 e. The van der Waals surface area contributed by atoms with Crippen LogP contribution in [0, 0.1) is 0 Å². The van der Waals surface area contributed by atoms with Crippen molar-refractivity contribution in [2.24, 2.45) is 0 Å². The smallest absolute Gasteiger partial charge is 0.408 e. The van der Waals surface area contributed by atoms with E-state index in [4.69, 9.17) is 14.6 Å².